The number of aldehydes is 1. The molecule has 7 heteroatoms. The number of hydrogen-bond acceptors (Lipinski definition) is 6. The summed E-state index contributed by atoms with van der Waals surface area (Å²) >= 11 is 0. The summed E-state index contributed by atoms with van der Waals surface area (Å²) in [4.78, 5) is 9.90. The molecule has 4 atom stereocenters. The Balaban J connectivity index is -0.000000202. The van der Waals surface area contributed by atoms with Gasteiger partial charge in [0.15, 0.2) is 6.29 Å². The van der Waals surface area contributed by atoms with Crippen LogP contribution in [0.3, 0.4) is 0 Å². The van der Waals surface area contributed by atoms with E-state index in [1.807, 2.05) is 0 Å². The molecule has 0 aromatic carbocycles. The van der Waals surface area contributed by atoms with Crippen molar-refractivity contribution in [2.75, 3.05) is 6.61 Å². The molecule has 76 valence electrons. The summed E-state index contributed by atoms with van der Waals surface area (Å²) < 4.78 is 0. The van der Waals surface area contributed by atoms with Gasteiger partial charge in [0.05, 0.1) is 6.61 Å². The number of carbonyl (C=O) groups excluding carboxylic acids is 1. The van der Waals surface area contributed by atoms with E-state index >= 15 is 0 Å². The van der Waals surface area contributed by atoms with Gasteiger partial charge in [-0.15, -0.1) is 0 Å². The second-order valence-electron chi connectivity index (χ2n) is 2.36. The Morgan fingerprint density at radius 2 is 1.62 bits per heavy atom. The van der Waals surface area contributed by atoms with Crippen molar-refractivity contribution in [3.8, 4) is 0 Å². The Hall–Kier alpha value is 0.730. The molecule has 0 bridgehead atoms. The standard InChI is InChI=1S/C6H12O6.Ca.2H/c7-1-3(9)5(11)6(12)4(10)2-8;;;/h1,3-6,8-12H,2H2;;;/q;+2;2*-1/t3-,4+,5+,6+;;;/m0.../s1. The monoisotopic (exact) mass is 222 g/mol. The van der Waals surface area contributed by atoms with Crippen LogP contribution in [0, 0.1) is 0 Å². The Kier molecular flexibility index (Phi) is 10.0. The first-order valence-corrected chi connectivity index (χ1v) is 3.33. The quantitative estimate of drug-likeness (QED) is 0.243. The molecule has 0 spiro atoms. The third kappa shape index (κ3) is 5.24. The maximum Gasteiger partial charge on any atom is 2.00 e. The molecule has 0 unspecified atom stereocenters. The molecule has 13 heavy (non-hydrogen) atoms. The summed E-state index contributed by atoms with van der Waals surface area (Å²) in [6, 6.07) is 0. The van der Waals surface area contributed by atoms with Crippen molar-refractivity contribution in [2.24, 2.45) is 0 Å². The molecular weight excluding hydrogens is 208 g/mol. The largest absolute Gasteiger partial charge is 2.00 e. The van der Waals surface area contributed by atoms with Crippen LogP contribution in [0.1, 0.15) is 2.85 Å². The van der Waals surface area contributed by atoms with Crippen molar-refractivity contribution in [2.45, 2.75) is 24.4 Å². The van der Waals surface area contributed by atoms with Crippen molar-refractivity contribution in [3.05, 3.63) is 0 Å². The number of aliphatic hydroxyl groups is 5. The normalized spacial score (nSPS) is 19.5. The summed E-state index contributed by atoms with van der Waals surface area (Å²) in [6.07, 6.45) is -6.84. The maximum absolute atomic E-state index is 9.90. The second kappa shape index (κ2) is 8.07. The van der Waals surface area contributed by atoms with Gasteiger partial charge in [-0.2, -0.15) is 0 Å². The van der Waals surface area contributed by atoms with E-state index in [-0.39, 0.29) is 46.9 Å². The van der Waals surface area contributed by atoms with E-state index in [9.17, 15) is 4.79 Å². The van der Waals surface area contributed by atoms with Gasteiger partial charge < -0.3 is 33.2 Å². The van der Waals surface area contributed by atoms with Crippen LogP contribution < -0.4 is 0 Å². The molecule has 0 saturated heterocycles. The van der Waals surface area contributed by atoms with Crippen molar-refractivity contribution in [3.63, 3.8) is 0 Å². The molecule has 0 aliphatic heterocycles. The Bertz CT molecular complexity index is 152. The molecular formula is C6H14CaO6. The fourth-order valence-corrected chi connectivity index (χ4v) is 0.618. The molecule has 0 rings (SSSR count). The van der Waals surface area contributed by atoms with Gasteiger partial charge >= 0.3 is 37.7 Å². The van der Waals surface area contributed by atoms with E-state index in [0.29, 0.717) is 0 Å². The van der Waals surface area contributed by atoms with Gasteiger partial charge in [0, 0.05) is 0 Å². The second-order valence-corrected chi connectivity index (χ2v) is 2.36. The Morgan fingerprint density at radius 3 is 1.92 bits per heavy atom. The third-order valence-corrected chi connectivity index (χ3v) is 1.42. The van der Waals surface area contributed by atoms with Crippen LogP contribution in [-0.2, 0) is 4.79 Å². The summed E-state index contributed by atoms with van der Waals surface area (Å²) in [6.45, 7) is -0.760. The van der Waals surface area contributed by atoms with Crippen LogP contribution in [0.2, 0.25) is 0 Å². The molecule has 6 nitrogen and oxygen atoms in total. The number of hydrogen-bond donors (Lipinski definition) is 5. The van der Waals surface area contributed by atoms with Gasteiger partial charge in [-0.25, -0.2) is 0 Å². The molecule has 0 aliphatic carbocycles. The molecule has 5 N–H and O–H groups in total. The molecule has 0 aromatic rings. The summed E-state index contributed by atoms with van der Waals surface area (Å²) in [7, 11) is 0. The van der Waals surface area contributed by atoms with Gasteiger partial charge in [0.2, 0.25) is 0 Å². The zero-order valence-electron chi connectivity index (χ0n) is 8.95. The van der Waals surface area contributed by atoms with Crippen LogP contribution >= 0.6 is 0 Å². The van der Waals surface area contributed by atoms with E-state index in [0.717, 1.165) is 0 Å². The van der Waals surface area contributed by atoms with Gasteiger partial charge in [-0.05, 0) is 0 Å². The summed E-state index contributed by atoms with van der Waals surface area (Å²) in [5.41, 5.74) is 0. The van der Waals surface area contributed by atoms with Crippen molar-refractivity contribution in [1.29, 1.82) is 0 Å². The van der Waals surface area contributed by atoms with E-state index in [4.69, 9.17) is 25.5 Å². The topological polar surface area (TPSA) is 118 Å². The molecule has 0 heterocycles. The first kappa shape index (κ1) is 16.2. The summed E-state index contributed by atoms with van der Waals surface area (Å²) in [5, 5.41) is 43.5. The van der Waals surface area contributed by atoms with Crippen LogP contribution in [0.5, 0.6) is 0 Å². The van der Waals surface area contributed by atoms with Crippen molar-refractivity contribution >= 4 is 44.0 Å². The molecule has 0 saturated carbocycles. The molecule has 0 amide bonds. The van der Waals surface area contributed by atoms with Crippen molar-refractivity contribution < 1.29 is 33.2 Å². The van der Waals surface area contributed by atoms with E-state index in [1.165, 1.54) is 0 Å². The molecule has 0 radical (unpaired) electrons. The minimum atomic E-state index is -1.79. The fraction of sp³-hybridized carbons (Fsp3) is 0.833. The fourth-order valence-electron chi connectivity index (χ4n) is 0.618. The van der Waals surface area contributed by atoms with Crippen LogP contribution in [0.25, 0.3) is 0 Å². The maximum atomic E-state index is 9.90. The average Bonchev–Trinajstić information content (AvgIpc) is 2.12. The third-order valence-electron chi connectivity index (χ3n) is 1.42. The molecule has 0 fully saturated rings. The zero-order valence-corrected chi connectivity index (χ0v) is 9.15. The van der Waals surface area contributed by atoms with Gasteiger partial charge in [-0.3, -0.25) is 0 Å². The minimum Gasteiger partial charge on any atom is -1.00 e. The first-order chi connectivity index (χ1) is 5.54. The van der Waals surface area contributed by atoms with Crippen molar-refractivity contribution in [1.82, 2.24) is 0 Å². The van der Waals surface area contributed by atoms with Crippen LogP contribution in [0.15, 0.2) is 0 Å². The average molecular weight is 222 g/mol. The van der Waals surface area contributed by atoms with Gasteiger partial charge in [-0.1, -0.05) is 0 Å². The predicted molar refractivity (Wildman–Crippen MR) is 45.2 cm³/mol. The predicted octanol–water partition coefficient (Wildman–Crippen LogP) is -3.53. The minimum absolute atomic E-state index is 0. The van der Waals surface area contributed by atoms with Crippen LogP contribution in [0.4, 0.5) is 0 Å². The zero-order chi connectivity index (χ0) is 9.72. The Labute approximate surface area is 108 Å². The first-order valence-electron chi connectivity index (χ1n) is 3.33. The number of carbonyl (C=O) groups is 1. The Morgan fingerprint density at radius 1 is 1.15 bits per heavy atom. The van der Waals surface area contributed by atoms with E-state index in [1.54, 1.807) is 0 Å². The van der Waals surface area contributed by atoms with Crippen LogP contribution in [-0.4, -0.2) is 101 Å². The SMILES string of the molecule is O=C[C@H](O)[C@@H](O)[C@H](O)[C@H](O)CO.[Ca+2].[H-].[H-]. The molecule has 0 aliphatic rings. The van der Waals surface area contributed by atoms with Gasteiger partial charge in [0.25, 0.3) is 0 Å². The van der Waals surface area contributed by atoms with E-state index in [2.05, 4.69) is 0 Å². The number of aliphatic hydroxyl groups excluding tert-OH is 5. The smallest absolute Gasteiger partial charge is 1.00 e. The number of rotatable bonds is 5. The molecule has 0 aromatic heterocycles. The van der Waals surface area contributed by atoms with Gasteiger partial charge in [0.1, 0.15) is 24.4 Å². The van der Waals surface area contributed by atoms with E-state index < -0.39 is 31.0 Å². The summed E-state index contributed by atoms with van der Waals surface area (Å²) in [5.74, 6) is 0.